The summed E-state index contributed by atoms with van der Waals surface area (Å²) in [5.41, 5.74) is 2.71. The van der Waals surface area contributed by atoms with Gasteiger partial charge in [-0.3, -0.25) is 14.5 Å². The van der Waals surface area contributed by atoms with Crippen LogP contribution in [0.4, 0.5) is 16.2 Å². The highest BCUT2D eigenvalue weighted by Crippen LogP contribution is 2.29. The topological polar surface area (TPSA) is 118 Å². The number of nitrogens with one attached hydrogen (secondary N) is 3. The van der Waals surface area contributed by atoms with Gasteiger partial charge in [0.25, 0.3) is 5.91 Å². The lowest BCUT2D eigenvalue weighted by atomic mass is 10.1. The van der Waals surface area contributed by atoms with Crippen molar-refractivity contribution in [3.05, 3.63) is 77.9 Å². The number of hydrogen-bond acceptors (Lipinski definition) is 7. The lowest BCUT2D eigenvalue weighted by molar-refractivity contribution is -0.144. The first-order valence-corrected chi connectivity index (χ1v) is 15.7. The van der Waals surface area contributed by atoms with Crippen LogP contribution in [-0.4, -0.2) is 61.2 Å². The lowest BCUT2D eigenvalue weighted by Crippen LogP contribution is -2.41. The lowest BCUT2D eigenvalue weighted by Gasteiger charge is -2.31. The minimum Gasteiger partial charge on any atom is -0.490 e. The van der Waals surface area contributed by atoms with Crippen molar-refractivity contribution in [2.45, 2.75) is 65.5 Å². The van der Waals surface area contributed by atoms with Crippen molar-refractivity contribution >= 4 is 29.3 Å². The van der Waals surface area contributed by atoms with Gasteiger partial charge in [0.05, 0.1) is 13.2 Å². The first-order chi connectivity index (χ1) is 21.8. The van der Waals surface area contributed by atoms with E-state index in [0.717, 1.165) is 44.3 Å². The Morgan fingerprint density at radius 3 is 2.11 bits per heavy atom. The summed E-state index contributed by atoms with van der Waals surface area (Å²) in [4.78, 5) is 38.9. The highest BCUT2D eigenvalue weighted by Gasteiger charge is 2.22. The number of rotatable bonds is 13. The molecule has 3 N–H and O–H groups in total. The molecule has 240 valence electrons. The first-order valence-electron chi connectivity index (χ1n) is 15.7. The summed E-state index contributed by atoms with van der Waals surface area (Å²) in [6, 6.07) is 19.7. The van der Waals surface area contributed by atoms with Crippen molar-refractivity contribution in [2.75, 3.05) is 36.9 Å². The number of carbonyl (C=O) groups is 3. The van der Waals surface area contributed by atoms with E-state index in [1.807, 2.05) is 52.0 Å². The van der Waals surface area contributed by atoms with Gasteiger partial charge in [0, 0.05) is 36.1 Å². The van der Waals surface area contributed by atoms with Gasteiger partial charge in [-0.25, -0.2) is 4.79 Å². The van der Waals surface area contributed by atoms with Crippen molar-refractivity contribution in [1.29, 1.82) is 0 Å². The second-order valence-corrected chi connectivity index (χ2v) is 11.1. The molecule has 0 unspecified atom stereocenters. The van der Waals surface area contributed by atoms with Gasteiger partial charge in [0.2, 0.25) is 0 Å². The van der Waals surface area contributed by atoms with Crippen LogP contribution in [0.2, 0.25) is 0 Å². The van der Waals surface area contributed by atoms with Gasteiger partial charge in [-0.1, -0.05) is 13.8 Å². The molecule has 0 aliphatic carbocycles. The normalized spacial score (nSPS) is 13.6. The highest BCUT2D eigenvalue weighted by molar-refractivity contribution is 6.04. The predicted octanol–water partition coefficient (Wildman–Crippen LogP) is 6.76. The molecule has 1 aliphatic heterocycles. The van der Waals surface area contributed by atoms with Gasteiger partial charge in [-0.2, -0.15) is 0 Å². The molecule has 0 aromatic heterocycles. The number of hydrogen-bond donors (Lipinski definition) is 3. The quantitative estimate of drug-likeness (QED) is 0.182. The summed E-state index contributed by atoms with van der Waals surface area (Å²) in [6.07, 6.45) is 3.46. The van der Waals surface area contributed by atoms with Crippen LogP contribution in [0.5, 0.6) is 17.2 Å². The number of amides is 3. The number of anilines is 2. The Labute approximate surface area is 265 Å². The van der Waals surface area contributed by atoms with Gasteiger partial charge in [-0.05, 0) is 112 Å². The average molecular weight is 617 g/mol. The summed E-state index contributed by atoms with van der Waals surface area (Å²) in [5.74, 6) is 1.58. The molecule has 3 amide bonds. The van der Waals surface area contributed by atoms with E-state index in [1.54, 1.807) is 42.5 Å². The standard InChI is InChI=1S/C35H44N4O6/c1-5-26(6-2)37-35(42)38-27-10-15-30(16-11-27)45-32-17-12-28(22-24(32)4)36-34(41)25-8-13-29(14-9-25)44-31-18-20-39(21-19-31)23-33(40)43-7-3/h8-17,22,26,31H,5-7,18-21,23H2,1-4H3,(H,36,41)(H2,37,38,42). The molecular weight excluding hydrogens is 572 g/mol. The Morgan fingerprint density at radius 2 is 1.49 bits per heavy atom. The molecule has 0 bridgehead atoms. The number of esters is 1. The molecule has 10 nitrogen and oxygen atoms in total. The fraction of sp³-hybridized carbons (Fsp3) is 0.400. The molecule has 1 saturated heterocycles. The minimum atomic E-state index is -0.226. The van der Waals surface area contributed by atoms with Crippen LogP contribution in [0.25, 0.3) is 0 Å². The second-order valence-electron chi connectivity index (χ2n) is 11.1. The Hall–Kier alpha value is -4.57. The SMILES string of the molecule is CCOC(=O)CN1CCC(Oc2ccc(C(=O)Nc3ccc(Oc4ccc(NC(=O)NC(CC)CC)cc4)c(C)c3)cc2)CC1. The molecule has 45 heavy (non-hydrogen) atoms. The maximum atomic E-state index is 12.9. The summed E-state index contributed by atoms with van der Waals surface area (Å²) in [7, 11) is 0. The van der Waals surface area contributed by atoms with Gasteiger partial charge < -0.3 is 30.2 Å². The van der Waals surface area contributed by atoms with Gasteiger partial charge >= 0.3 is 12.0 Å². The smallest absolute Gasteiger partial charge is 0.320 e. The molecule has 0 atom stereocenters. The zero-order chi connectivity index (χ0) is 32.2. The van der Waals surface area contributed by atoms with E-state index in [4.69, 9.17) is 14.2 Å². The molecule has 1 aliphatic rings. The number of carbonyl (C=O) groups excluding carboxylic acids is 3. The molecule has 0 saturated carbocycles. The third-order valence-electron chi connectivity index (χ3n) is 7.71. The van der Waals surface area contributed by atoms with E-state index in [0.29, 0.717) is 47.3 Å². The maximum Gasteiger partial charge on any atom is 0.320 e. The molecule has 3 aromatic carbocycles. The summed E-state index contributed by atoms with van der Waals surface area (Å²) in [5, 5.41) is 8.74. The van der Waals surface area contributed by atoms with Crippen LogP contribution in [0, 0.1) is 6.92 Å². The molecule has 1 heterocycles. The number of likely N-dealkylation sites (tertiary alicyclic amines) is 1. The van der Waals surface area contributed by atoms with Crippen LogP contribution >= 0.6 is 0 Å². The van der Waals surface area contributed by atoms with E-state index >= 15 is 0 Å². The largest absolute Gasteiger partial charge is 0.490 e. The molecule has 10 heteroatoms. The van der Waals surface area contributed by atoms with E-state index in [-0.39, 0.29) is 30.1 Å². The van der Waals surface area contributed by atoms with E-state index in [1.165, 1.54) is 0 Å². The molecule has 4 rings (SSSR count). The molecular formula is C35H44N4O6. The van der Waals surface area contributed by atoms with E-state index in [2.05, 4.69) is 20.9 Å². The Bertz CT molecular complexity index is 1420. The van der Waals surface area contributed by atoms with Crippen LogP contribution in [0.1, 0.15) is 62.4 Å². The average Bonchev–Trinajstić information content (AvgIpc) is 3.03. The van der Waals surface area contributed by atoms with Crippen LogP contribution < -0.4 is 25.4 Å². The molecule has 0 spiro atoms. The Morgan fingerprint density at radius 1 is 0.844 bits per heavy atom. The summed E-state index contributed by atoms with van der Waals surface area (Å²) < 4.78 is 17.2. The van der Waals surface area contributed by atoms with Gasteiger partial charge in [0.15, 0.2) is 0 Å². The first kappa shape index (κ1) is 33.3. The number of aryl methyl sites for hydroxylation is 1. The predicted molar refractivity (Wildman–Crippen MR) is 175 cm³/mol. The number of urea groups is 1. The fourth-order valence-electron chi connectivity index (χ4n) is 5.08. The van der Waals surface area contributed by atoms with Crippen molar-refractivity contribution < 1.29 is 28.6 Å². The number of nitrogens with zero attached hydrogens (tertiary/aromatic N) is 1. The van der Waals surface area contributed by atoms with E-state index in [9.17, 15) is 14.4 Å². The van der Waals surface area contributed by atoms with Crippen molar-refractivity contribution in [2.24, 2.45) is 0 Å². The van der Waals surface area contributed by atoms with Crippen LogP contribution in [0.3, 0.4) is 0 Å². The van der Waals surface area contributed by atoms with Crippen molar-refractivity contribution in [1.82, 2.24) is 10.2 Å². The minimum absolute atomic E-state index is 0.0622. The van der Waals surface area contributed by atoms with Crippen LogP contribution in [0.15, 0.2) is 66.7 Å². The summed E-state index contributed by atoms with van der Waals surface area (Å²) in [6.45, 7) is 10.1. The number of ether oxygens (including phenoxy) is 3. The third-order valence-corrected chi connectivity index (χ3v) is 7.71. The van der Waals surface area contributed by atoms with Gasteiger partial charge in [-0.15, -0.1) is 0 Å². The van der Waals surface area contributed by atoms with E-state index < -0.39 is 0 Å². The highest BCUT2D eigenvalue weighted by atomic mass is 16.5. The second kappa shape index (κ2) is 16.5. The summed E-state index contributed by atoms with van der Waals surface area (Å²) >= 11 is 0. The van der Waals surface area contributed by atoms with Crippen LogP contribution in [-0.2, 0) is 9.53 Å². The Kier molecular flexibility index (Phi) is 12.2. The number of piperidine rings is 1. The molecule has 0 radical (unpaired) electrons. The molecule has 3 aromatic rings. The van der Waals surface area contributed by atoms with Gasteiger partial charge in [0.1, 0.15) is 23.4 Å². The maximum absolute atomic E-state index is 12.9. The fourth-order valence-corrected chi connectivity index (χ4v) is 5.08. The van der Waals surface area contributed by atoms with Crippen molar-refractivity contribution in [3.8, 4) is 17.2 Å². The third kappa shape index (κ3) is 10.2. The number of benzene rings is 3. The van der Waals surface area contributed by atoms with Crippen molar-refractivity contribution in [3.63, 3.8) is 0 Å². The zero-order valence-electron chi connectivity index (χ0n) is 26.6. The molecule has 1 fully saturated rings. The Balaban J connectivity index is 1.24. The zero-order valence-corrected chi connectivity index (χ0v) is 26.6. The monoisotopic (exact) mass is 616 g/mol.